The van der Waals surface area contributed by atoms with Crippen molar-refractivity contribution in [3.8, 4) is 0 Å². The molecule has 0 spiro atoms. The lowest BCUT2D eigenvalue weighted by Crippen LogP contribution is -2.32. The minimum absolute atomic E-state index is 0.124. The Labute approximate surface area is 152 Å². The van der Waals surface area contributed by atoms with E-state index in [1.807, 2.05) is 0 Å². The molecule has 8 heteroatoms. The van der Waals surface area contributed by atoms with Gasteiger partial charge in [-0.15, -0.1) is 11.3 Å². The zero-order valence-corrected chi connectivity index (χ0v) is 15.5. The largest absolute Gasteiger partial charge is 0.444 e. The molecule has 2 heterocycles. The third-order valence-corrected chi connectivity index (χ3v) is 5.30. The van der Waals surface area contributed by atoms with Gasteiger partial charge in [0.05, 0.1) is 12.2 Å². The van der Waals surface area contributed by atoms with Crippen LogP contribution >= 0.6 is 27.3 Å². The first-order valence-electron chi connectivity index (χ1n) is 7.94. The summed E-state index contributed by atoms with van der Waals surface area (Å²) in [6, 6.07) is 3.17. The smallest absolute Gasteiger partial charge is 0.287 e. The fraction of sp³-hybridized carbons (Fsp3) is 0.438. The molecule has 2 amide bonds. The molecule has 0 radical (unpaired) electrons. The number of carbonyl (C=O) groups excluding carboxylic acids is 2. The van der Waals surface area contributed by atoms with E-state index in [0.29, 0.717) is 9.80 Å². The van der Waals surface area contributed by atoms with Crippen LogP contribution in [0.4, 0.5) is 5.13 Å². The molecule has 2 aromatic heterocycles. The fourth-order valence-corrected chi connectivity index (χ4v) is 3.98. The van der Waals surface area contributed by atoms with Crippen molar-refractivity contribution in [2.45, 2.75) is 38.5 Å². The Balaban J connectivity index is 1.53. The van der Waals surface area contributed by atoms with Crippen LogP contribution in [0.2, 0.25) is 0 Å². The van der Waals surface area contributed by atoms with Crippen molar-refractivity contribution in [3.63, 3.8) is 0 Å². The summed E-state index contributed by atoms with van der Waals surface area (Å²) >= 11 is 4.67. The highest BCUT2D eigenvalue weighted by Crippen LogP contribution is 2.28. The lowest BCUT2D eigenvalue weighted by atomic mass is 10.0. The summed E-state index contributed by atoms with van der Waals surface area (Å²) in [7, 11) is 0. The van der Waals surface area contributed by atoms with Crippen molar-refractivity contribution in [3.05, 3.63) is 33.1 Å². The van der Waals surface area contributed by atoms with Gasteiger partial charge in [-0.25, -0.2) is 4.98 Å². The number of thiazole rings is 1. The number of hydrogen-bond donors (Lipinski definition) is 2. The van der Waals surface area contributed by atoms with Gasteiger partial charge >= 0.3 is 0 Å². The number of hydrogen-bond acceptors (Lipinski definition) is 5. The van der Waals surface area contributed by atoms with E-state index >= 15 is 0 Å². The number of aromatic nitrogens is 1. The number of amides is 2. The third-order valence-electron chi connectivity index (χ3n) is 3.80. The van der Waals surface area contributed by atoms with E-state index in [4.69, 9.17) is 4.42 Å². The summed E-state index contributed by atoms with van der Waals surface area (Å²) in [5.74, 6) is -0.565. The van der Waals surface area contributed by atoms with E-state index in [-0.39, 0.29) is 18.2 Å². The van der Waals surface area contributed by atoms with Crippen LogP contribution in [0.25, 0.3) is 0 Å². The number of nitrogens with zero attached hydrogens (tertiary/aromatic N) is 1. The van der Waals surface area contributed by atoms with Crippen molar-refractivity contribution in [2.75, 3.05) is 11.9 Å². The Morgan fingerprint density at radius 1 is 1.21 bits per heavy atom. The monoisotopic (exact) mass is 411 g/mol. The van der Waals surface area contributed by atoms with Crippen molar-refractivity contribution in [1.29, 1.82) is 0 Å². The molecule has 0 saturated carbocycles. The summed E-state index contributed by atoms with van der Waals surface area (Å²) in [6.07, 6.45) is 6.84. The Hall–Kier alpha value is -1.67. The Morgan fingerprint density at radius 3 is 2.75 bits per heavy atom. The van der Waals surface area contributed by atoms with Crippen LogP contribution in [0.15, 0.2) is 21.2 Å². The quantitative estimate of drug-likeness (QED) is 0.805. The molecule has 1 aliphatic rings. The number of furan rings is 1. The molecule has 2 N–H and O–H groups in total. The summed E-state index contributed by atoms with van der Waals surface area (Å²) in [5.41, 5.74) is 1.11. The Kier molecular flexibility index (Phi) is 5.68. The first-order chi connectivity index (χ1) is 11.6. The SMILES string of the molecule is O=C(CNC(=O)c1ccc(Br)o1)Nc1nc2c(s1)CCCCCC2. The summed E-state index contributed by atoms with van der Waals surface area (Å²) in [4.78, 5) is 29.6. The van der Waals surface area contributed by atoms with Crippen molar-refractivity contribution >= 4 is 44.2 Å². The maximum atomic E-state index is 12.0. The van der Waals surface area contributed by atoms with Crippen LogP contribution in [0.5, 0.6) is 0 Å². The van der Waals surface area contributed by atoms with Gasteiger partial charge in [-0.1, -0.05) is 12.8 Å². The van der Waals surface area contributed by atoms with Crippen molar-refractivity contribution < 1.29 is 14.0 Å². The zero-order valence-electron chi connectivity index (χ0n) is 13.1. The van der Waals surface area contributed by atoms with Crippen molar-refractivity contribution in [2.24, 2.45) is 0 Å². The molecule has 128 valence electrons. The molecule has 3 rings (SSSR count). The third kappa shape index (κ3) is 4.45. The normalized spacial score (nSPS) is 14.4. The molecule has 0 bridgehead atoms. The predicted octanol–water partition coefficient (Wildman–Crippen LogP) is 3.53. The Bertz CT molecular complexity index is 715. The number of carbonyl (C=O) groups is 2. The number of anilines is 1. The number of fused-ring (bicyclic) bond motifs is 1. The van der Waals surface area contributed by atoms with Gasteiger partial charge in [0.25, 0.3) is 5.91 Å². The summed E-state index contributed by atoms with van der Waals surface area (Å²) < 4.78 is 5.61. The van der Waals surface area contributed by atoms with Gasteiger partial charge in [0.2, 0.25) is 5.91 Å². The molecule has 0 aromatic carbocycles. The van der Waals surface area contributed by atoms with Gasteiger partial charge in [-0.05, 0) is 53.7 Å². The van der Waals surface area contributed by atoms with Gasteiger partial charge in [0.15, 0.2) is 15.6 Å². The second kappa shape index (κ2) is 7.94. The topological polar surface area (TPSA) is 84.2 Å². The van der Waals surface area contributed by atoms with Crippen molar-refractivity contribution in [1.82, 2.24) is 10.3 Å². The average Bonchev–Trinajstić information content (AvgIpc) is 3.12. The second-order valence-electron chi connectivity index (χ2n) is 5.64. The number of aryl methyl sites for hydroxylation is 2. The highest BCUT2D eigenvalue weighted by Gasteiger charge is 2.16. The predicted molar refractivity (Wildman–Crippen MR) is 95.4 cm³/mol. The molecule has 6 nitrogen and oxygen atoms in total. The minimum atomic E-state index is -0.428. The number of nitrogens with one attached hydrogen (secondary N) is 2. The molecule has 2 aromatic rings. The molecule has 0 unspecified atom stereocenters. The molecular weight excluding hydrogens is 394 g/mol. The molecule has 0 fully saturated rings. The maximum absolute atomic E-state index is 12.0. The molecule has 24 heavy (non-hydrogen) atoms. The fourth-order valence-electron chi connectivity index (χ4n) is 2.61. The highest BCUT2D eigenvalue weighted by molar-refractivity contribution is 9.10. The molecule has 1 aliphatic carbocycles. The van der Waals surface area contributed by atoms with E-state index in [1.165, 1.54) is 41.5 Å². The first kappa shape index (κ1) is 17.2. The number of halogens is 1. The van der Waals surface area contributed by atoms with E-state index in [9.17, 15) is 9.59 Å². The maximum Gasteiger partial charge on any atom is 0.287 e. The van der Waals surface area contributed by atoms with Gasteiger partial charge in [0, 0.05) is 4.88 Å². The van der Waals surface area contributed by atoms with E-state index in [2.05, 4.69) is 31.5 Å². The zero-order chi connectivity index (χ0) is 16.9. The molecular formula is C16H18BrN3O3S. The summed E-state index contributed by atoms with van der Waals surface area (Å²) in [6.45, 7) is -0.124. The number of rotatable bonds is 4. The average molecular weight is 412 g/mol. The van der Waals surface area contributed by atoms with E-state index in [0.717, 1.165) is 25.0 Å². The second-order valence-corrected chi connectivity index (χ2v) is 7.50. The van der Waals surface area contributed by atoms with Gasteiger partial charge in [-0.2, -0.15) is 0 Å². The van der Waals surface area contributed by atoms with Gasteiger partial charge < -0.3 is 15.1 Å². The minimum Gasteiger partial charge on any atom is -0.444 e. The van der Waals surface area contributed by atoms with Crippen LogP contribution in [-0.2, 0) is 17.6 Å². The van der Waals surface area contributed by atoms with Crippen LogP contribution < -0.4 is 10.6 Å². The first-order valence-corrected chi connectivity index (χ1v) is 9.55. The molecule has 0 atom stereocenters. The lowest BCUT2D eigenvalue weighted by Gasteiger charge is -2.06. The standard InChI is InChI=1S/C16H18BrN3O3S/c17-13-8-7-11(23-13)15(22)18-9-14(21)20-16-19-10-5-3-1-2-4-6-12(10)24-16/h7-8H,1-6,9H2,(H,18,22)(H,19,20,21). The van der Waals surface area contributed by atoms with Crippen LogP contribution in [0.1, 0.15) is 46.8 Å². The van der Waals surface area contributed by atoms with Gasteiger partial charge in [0.1, 0.15) is 0 Å². The van der Waals surface area contributed by atoms with Crippen LogP contribution in [-0.4, -0.2) is 23.3 Å². The highest BCUT2D eigenvalue weighted by atomic mass is 79.9. The van der Waals surface area contributed by atoms with Crippen LogP contribution in [0, 0.1) is 0 Å². The van der Waals surface area contributed by atoms with E-state index < -0.39 is 5.91 Å². The lowest BCUT2D eigenvalue weighted by molar-refractivity contribution is -0.115. The Morgan fingerprint density at radius 2 is 2.00 bits per heavy atom. The van der Waals surface area contributed by atoms with E-state index in [1.54, 1.807) is 6.07 Å². The molecule has 0 saturated heterocycles. The summed E-state index contributed by atoms with van der Waals surface area (Å²) in [5, 5.41) is 5.90. The van der Waals surface area contributed by atoms with Gasteiger partial charge in [-0.3, -0.25) is 9.59 Å². The van der Waals surface area contributed by atoms with Crippen LogP contribution in [0.3, 0.4) is 0 Å². The molecule has 0 aliphatic heterocycles.